The van der Waals surface area contributed by atoms with Gasteiger partial charge in [-0.05, 0) is 25.0 Å². The van der Waals surface area contributed by atoms with Crippen LogP contribution in [0, 0.1) is 13.8 Å². The summed E-state index contributed by atoms with van der Waals surface area (Å²) < 4.78 is 0. The van der Waals surface area contributed by atoms with Crippen LogP contribution in [0.25, 0.3) is 11.4 Å². The monoisotopic (exact) mass is 173 g/mol. The van der Waals surface area contributed by atoms with E-state index in [1.807, 2.05) is 26.0 Å². The van der Waals surface area contributed by atoms with E-state index in [9.17, 15) is 0 Å². The summed E-state index contributed by atoms with van der Waals surface area (Å²) in [5.41, 5.74) is 3.33. The summed E-state index contributed by atoms with van der Waals surface area (Å²) in [5, 5.41) is 14.5. The Balaban J connectivity index is 2.57. The Labute approximate surface area is 76.0 Å². The quantitative estimate of drug-likeness (QED) is 0.648. The zero-order valence-corrected chi connectivity index (χ0v) is 7.52. The first kappa shape index (κ1) is 7.91. The molecule has 0 spiro atoms. The Morgan fingerprint density at radius 3 is 2.77 bits per heavy atom. The lowest BCUT2D eigenvalue weighted by atomic mass is 10.1. The van der Waals surface area contributed by atoms with Gasteiger partial charge in [-0.2, -0.15) is 5.21 Å². The molecule has 2 aromatic rings. The predicted octanol–water partition coefficient (Wildman–Crippen LogP) is 1.11. The number of hydrogen-bond donors (Lipinski definition) is 0. The Hall–Kier alpha value is -1.71. The average Bonchev–Trinajstić information content (AvgIpc) is 2.61. The van der Waals surface area contributed by atoms with Crippen LogP contribution in [0.3, 0.4) is 0 Å². The van der Waals surface area contributed by atoms with E-state index in [0.717, 1.165) is 11.1 Å². The van der Waals surface area contributed by atoms with Crippen LogP contribution in [0.2, 0.25) is 0 Å². The van der Waals surface area contributed by atoms with E-state index in [1.165, 1.54) is 5.56 Å². The number of rotatable bonds is 1. The second-order valence-electron chi connectivity index (χ2n) is 3.02. The second kappa shape index (κ2) is 2.97. The molecule has 0 unspecified atom stereocenters. The summed E-state index contributed by atoms with van der Waals surface area (Å²) in [6.45, 7) is 4.05. The minimum atomic E-state index is 0.598. The molecule has 0 saturated carbocycles. The molecule has 13 heavy (non-hydrogen) atoms. The molecule has 0 aliphatic heterocycles. The van der Waals surface area contributed by atoms with Crippen molar-refractivity contribution < 1.29 is 0 Å². The van der Waals surface area contributed by atoms with Crippen LogP contribution in [0.5, 0.6) is 0 Å². The van der Waals surface area contributed by atoms with Crippen LogP contribution in [0.15, 0.2) is 18.2 Å². The first-order chi connectivity index (χ1) is 6.27. The predicted molar refractivity (Wildman–Crippen MR) is 48.1 cm³/mol. The molecule has 0 atom stereocenters. The molecule has 2 rings (SSSR count). The van der Waals surface area contributed by atoms with Gasteiger partial charge in [0.1, 0.15) is 0 Å². The molecule has 0 bridgehead atoms. The van der Waals surface area contributed by atoms with Gasteiger partial charge in [-0.15, -0.1) is 0 Å². The van der Waals surface area contributed by atoms with E-state index < -0.39 is 0 Å². The Morgan fingerprint density at radius 1 is 1.23 bits per heavy atom. The van der Waals surface area contributed by atoms with Crippen LogP contribution in [-0.2, 0) is 0 Å². The van der Waals surface area contributed by atoms with Gasteiger partial charge in [0.05, 0.1) is 0 Å². The molecule has 0 aliphatic rings. The highest BCUT2D eigenvalue weighted by Gasteiger charge is 1.99. The molecular formula is C9H9N4-. The molecule has 0 aliphatic carbocycles. The topological polar surface area (TPSA) is 52.8 Å². The van der Waals surface area contributed by atoms with Crippen molar-refractivity contribution in [1.29, 1.82) is 0 Å². The third kappa shape index (κ3) is 1.42. The Morgan fingerprint density at radius 2 is 2.08 bits per heavy atom. The third-order valence-electron chi connectivity index (χ3n) is 1.95. The zero-order chi connectivity index (χ0) is 9.26. The number of aromatic nitrogens is 4. The molecule has 1 aromatic heterocycles. The standard InChI is InChI=1S/C9H9N4/c1-6-3-4-7(2)8(5-6)9-10-12-13-11-9/h3-5H,1-2H3/q-1. The van der Waals surface area contributed by atoms with Crippen molar-refractivity contribution in [2.45, 2.75) is 13.8 Å². The first-order valence-corrected chi connectivity index (χ1v) is 4.04. The highest BCUT2D eigenvalue weighted by atomic mass is 15.5. The van der Waals surface area contributed by atoms with Gasteiger partial charge in [0.2, 0.25) is 0 Å². The molecule has 0 N–H and O–H groups in total. The summed E-state index contributed by atoms with van der Waals surface area (Å²) in [5.74, 6) is 0.598. The highest BCUT2D eigenvalue weighted by Crippen LogP contribution is 2.19. The van der Waals surface area contributed by atoms with Crippen molar-refractivity contribution in [2.75, 3.05) is 0 Å². The van der Waals surface area contributed by atoms with Crippen molar-refractivity contribution >= 4 is 0 Å². The van der Waals surface area contributed by atoms with Gasteiger partial charge in [0, 0.05) is 5.82 Å². The van der Waals surface area contributed by atoms with Gasteiger partial charge in [0.15, 0.2) is 0 Å². The SMILES string of the molecule is Cc1ccc(C)c(-c2nnn[n-]2)c1. The largest absolute Gasteiger partial charge is 0.330 e. The average molecular weight is 173 g/mol. The fourth-order valence-electron chi connectivity index (χ4n) is 1.23. The molecule has 4 heteroatoms. The van der Waals surface area contributed by atoms with Gasteiger partial charge in [0.25, 0.3) is 0 Å². The summed E-state index contributed by atoms with van der Waals surface area (Å²) in [4.78, 5) is 0. The summed E-state index contributed by atoms with van der Waals surface area (Å²) in [6.07, 6.45) is 0. The molecule has 0 amide bonds. The third-order valence-corrected chi connectivity index (χ3v) is 1.95. The molecule has 4 nitrogen and oxygen atoms in total. The lowest BCUT2D eigenvalue weighted by molar-refractivity contribution is 0.871. The van der Waals surface area contributed by atoms with Crippen LogP contribution < -0.4 is 5.10 Å². The lowest BCUT2D eigenvalue weighted by Gasteiger charge is -2.05. The van der Waals surface area contributed by atoms with E-state index >= 15 is 0 Å². The molecular weight excluding hydrogens is 164 g/mol. The maximum absolute atomic E-state index is 3.82. The molecule has 66 valence electrons. The number of aryl methyl sites for hydroxylation is 2. The number of tetrazole rings is 1. The van der Waals surface area contributed by atoms with E-state index in [0.29, 0.717) is 5.82 Å². The fourth-order valence-corrected chi connectivity index (χ4v) is 1.23. The van der Waals surface area contributed by atoms with Crippen LogP contribution in [-0.4, -0.2) is 15.5 Å². The van der Waals surface area contributed by atoms with E-state index in [2.05, 4.69) is 26.7 Å². The fraction of sp³-hybridized carbons (Fsp3) is 0.222. The van der Waals surface area contributed by atoms with Crippen LogP contribution >= 0.6 is 0 Å². The van der Waals surface area contributed by atoms with E-state index in [-0.39, 0.29) is 0 Å². The molecule has 0 fully saturated rings. The summed E-state index contributed by atoms with van der Waals surface area (Å²) >= 11 is 0. The summed E-state index contributed by atoms with van der Waals surface area (Å²) in [7, 11) is 0. The van der Waals surface area contributed by atoms with Gasteiger partial charge < -0.3 is 5.10 Å². The van der Waals surface area contributed by atoms with Gasteiger partial charge in [-0.25, -0.2) is 0 Å². The molecule has 0 saturated heterocycles. The lowest BCUT2D eigenvalue weighted by Crippen LogP contribution is -1.88. The second-order valence-corrected chi connectivity index (χ2v) is 3.02. The Bertz CT molecular complexity index is 406. The highest BCUT2D eigenvalue weighted by molar-refractivity contribution is 5.59. The van der Waals surface area contributed by atoms with Gasteiger partial charge in [-0.3, -0.25) is 10.3 Å². The molecule has 1 heterocycles. The number of benzene rings is 1. The smallest absolute Gasteiger partial charge is 0.0399 e. The first-order valence-electron chi connectivity index (χ1n) is 4.04. The molecule has 1 aromatic carbocycles. The van der Waals surface area contributed by atoms with Crippen LogP contribution in [0.1, 0.15) is 11.1 Å². The molecule has 0 radical (unpaired) electrons. The van der Waals surface area contributed by atoms with Gasteiger partial charge in [-0.1, -0.05) is 23.8 Å². The minimum absolute atomic E-state index is 0.598. The van der Waals surface area contributed by atoms with E-state index in [1.54, 1.807) is 0 Å². The summed E-state index contributed by atoms with van der Waals surface area (Å²) in [6, 6.07) is 6.14. The van der Waals surface area contributed by atoms with Crippen molar-refractivity contribution in [3.63, 3.8) is 0 Å². The van der Waals surface area contributed by atoms with E-state index in [4.69, 9.17) is 0 Å². The normalized spacial score (nSPS) is 10.3. The van der Waals surface area contributed by atoms with Crippen molar-refractivity contribution in [3.8, 4) is 11.4 Å². The van der Waals surface area contributed by atoms with Crippen LogP contribution in [0.4, 0.5) is 0 Å². The van der Waals surface area contributed by atoms with Crippen molar-refractivity contribution in [3.05, 3.63) is 29.3 Å². The van der Waals surface area contributed by atoms with Crippen molar-refractivity contribution in [2.24, 2.45) is 0 Å². The zero-order valence-electron chi connectivity index (χ0n) is 7.52. The minimum Gasteiger partial charge on any atom is -0.330 e. The maximum atomic E-state index is 3.82. The number of nitrogens with zero attached hydrogens (tertiary/aromatic N) is 4. The maximum Gasteiger partial charge on any atom is 0.0399 e. The van der Waals surface area contributed by atoms with Crippen molar-refractivity contribution in [1.82, 2.24) is 20.6 Å². The number of hydrogen-bond acceptors (Lipinski definition) is 3. The van der Waals surface area contributed by atoms with Gasteiger partial charge >= 0.3 is 0 Å². The Kier molecular flexibility index (Phi) is 1.81.